The van der Waals surface area contributed by atoms with Crippen molar-refractivity contribution < 1.29 is 33.8 Å². The van der Waals surface area contributed by atoms with Crippen molar-refractivity contribution in [3.05, 3.63) is 72.2 Å². The van der Waals surface area contributed by atoms with E-state index < -0.39 is 30.5 Å². The highest BCUT2D eigenvalue weighted by molar-refractivity contribution is 5.99. The molecule has 2 aromatic heterocycles. The second-order valence-electron chi connectivity index (χ2n) is 9.31. The van der Waals surface area contributed by atoms with E-state index in [0.717, 1.165) is 42.6 Å². The van der Waals surface area contributed by atoms with E-state index in [4.69, 9.17) is 19.2 Å². The first-order valence-corrected chi connectivity index (χ1v) is 12.4. The fourth-order valence-electron chi connectivity index (χ4n) is 4.95. The third kappa shape index (κ3) is 5.24. The van der Waals surface area contributed by atoms with Gasteiger partial charge in [-0.15, -0.1) is 0 Å². The smallest absolute Gasteiger partial charge is 0.341 e. The molecular weight excluding hydrogens is 490 g/mol. The molecule has 1 aliphatic rings. The largest absolute Gasteiger partial charge is 0.482 e. The fraction of sp³-hybridized carbons (Fsp3) is 0.286. The molecule has 0 radical (unpaired) electrons. The van der Waals surface area contributed by atoms with Crippen molar-refractivity contribution in [2.24, 2.45) is 0 Å². The quantitative estimate of drug-likeness (QED) is 0.287. The number of imidazole rings is 1. The summed E-state index contributed by atoms with van der Waals surface area (Å²) < 4.78 is 12.6. The highest BCUT2D eigenvalue weighted by Crippen LogP contribution is 2.36. The van der Waals surface area contributed by atoms with Gasteiger partial charge in [0, 0.05) is 11.6 Å². The Morgan fingerprint density at radius 2 is 1.82 bits per heavy atom. The van der Waals surface area contributed by atoms with E-state index in [-0.39, 0.29) is 11.3 Å². The zero-order chi connectivity index (χ0) is 26.6. The van der Waals surface area contributed by atoms with E-state index in [0.29, 0.717) is 17.1 Å². The summed E-state index contributed by atoms with van der Waals surface area (Å²) in [5.41, 5.74) is 3.03. The third-order valence-corrected chi connectivity index (χ3v) is 6.77. The number of hydrogen-bond acceptors (Lipinski definition) is 6. The van der Waals surface area contributed by atoms with E-state index in [1.54, 1.807) is 24.7 Å². The Labute approximate surface area is 217 Å². The molecule has 4 aromatic rings. The molecule has 2 heterocycles. The number of nitrogens with zero attached hydrogens (tertiary/aromatic N) is 2. The third-order valence-electron chi connectivity index (χ3n) is 6.77. The van der Waals surface area contributed by atoms with Crippen LogP contribution >= 0.6 is 0 Å². The molecular formula is C28H27N3O7. The molecule has 1 amide bonds. The van der Waals surface area contributed by atoms with Crippen LogP contribution in [0.3, 0.4) is 0 Å². The van der Waals surface area contributed by atoms with Crippen molar-refractivity contribution in [3.63, 3.8) is 0 Å². The van der Waals surface area contributed by atoms with Crippen LogP contribution in [-0.2, 0) is 9.59 Å². The lowest BCUT2D eigenvalue weighted by atomic mass is 9.95. The lowest BCUT2D eigenvalue weighted by molar-refractivity contribution is -0.140. The van der Waals surface area contributed by atoms with Crippen LogP contribution in [0, 0.1) is 0 Å². The van der Waals surface area contributed by atoms with Gasteiger partial charge in [-0.3, -0.25) is 4.79 Å². The molecule has 38 heavy (non-hydrogen) atoms. The maximum Gasteiger partial charge on any atom is 0.341 e. The van der Waals surface area contributed by atoms with Crippen molar-refractivity contribution >= 4 is 28.9 Å². The first-order chi connectivity index (χ1) is 18.4. The van der Waals surface area contributed by atoms with Crippen LogP contribution in [0.1, 0.15) is 60.1 Å². The normalized spacial score (nSPS) is 14.7. The second kappa shape index (κ2) is 10.8. The van der Waals surface area contributed by atoms with Crippen LogP contribution in [0.15, 0.2) is 65.5 Å². The number of aliphatic carboxylic acids is 2. The van der Waals surface area contributed by atoms with E-state index in [1.165, 1.54) is 30.7 Å². The van der Waals surface area contributed by atoms with Crippen LogP contribution in [-0.4, -0.2) is 44.2 Å². The minimum atomic E-state index is -1.31. The number of ether oxygens (including phenoxy) is 1. The number of carboxylic acids is 2. The summed E-state index contributed by atoms with van der Waals surface area (Å²) in [5, 5.41) is 21.1. The second-order valence-corrected chi connectivity index (χ2v) is 9.31. The van der Waals surface area contributed by atoms with E-state index in [9.17, 15) is 19.5 Å². The summed E-state index contributed by atoms with van der Waals surface area (Å²) in [7, 11) is 0. The summed E-state index contributed by atoms with van der Waals surface area (Å²) in [5.74, 6) is -1.85. The van der Waals surface area contributed by atoms with E-state index >= 15 is 0 Å². The molecule has 1 saturated carbocycles. The van der Waals surface area contributed by atoms with Gasteiger partial charge in [0.1, 0.15) is 17.8 Å². The van der Waals surface area contributed by atoms with Crippen molar-refractivity contribution in [2.75, 3.05) is 6.61 Å². The van der Waals surface area contributed by atoms with Crippen LogP contribution in [0.4, 0.5) is 0 Å². The van der Waals surface area contributed by atoms with Gasteiger partial charge in [-0.2, -0.15) is 0 Å². The van der Waals surface area contributed by atoms with Crippen molar-refractivity contribution in [2.45, 2.75) is 44.2 Å². The molecule has 0 spiro atoms. The molecule has 2 aromatic carbocycles. The number of benzene rings is 2. The average molecular weight is 518 g/mol. The summed E-state index contributed by atoms with van der Waals surface area (Å²) in [6.45, 7) is -0.514. The Balaban J connectivity index is 1.41. The minimum Gasteiger partial charge on any atom is -0.482 e. The van der Waals surface area contributed by atoms with Gasteiger partial charge in [-0.1, -0.05) is 31.4 Å². The number of nitrogens with one attached hydrogen (secondary N) is 1. The Kier molecular flexibility index (Phi) is 7.12. The van der Waals surface area contributed by atoms with Crippen LogP contribution < -0.4 is 10.1 Å². The number of rotatable bonds is 9. The topological polar surface area (TPSA) is 144 Å². The molecule has 5 rings (SSSR count). The van der Waals surface area contributed by atoms with Crippen molar-refractivity contribution in [1.82, 2.24) is 14.9 Å². The molecule has 10 nitrogen and oxygen atoms in total. The van der Waals surface area contributed by atoms with Crippen molar-refractivity contribution in [1.29, 1.82) is 0 Å². The molecule has 10 heteroatoms. The zero-order valence-corrected chi connectivity index (χ0v) is 20.5. The number of carboxylic acid groups (broad SMARTS) is 2. The summed E-state index contributed by atoms with van der Waals surface area (Å²) >= 11 is 0. The number of aromatic nitrogens is 2. The minimum absolute atomic E-state index is 0.277. The number of carbonyl (C=O) groups is 3. The van der Waals surface area contributed by atoms with Crippen LogP contribution in [0.2, 0.25) is 0 Å². The fourth-order valence-corrected chi connectivity index (χ4v) is 4.95. The van der Waals surface area contributed by atoms with Gasteiger partial charge >= 0.3 is 11.9 Å². The standard InChI is InChI=1S/C28H27N3O7/c32-24(33)16-38-21-9-6-17(7-10-21)25(28(35)36)30-27(34)18-8-11-23-22(14-18)29-26(19-12-13-37-15-19)31(23)20-4-2-1-3-5-20/h6-15,20,25H,1-5,16H2,(H,30,34)(H,32,33)(H,35,36)/t25-/m0/s1. The van der Waals surface area contributed by atoms with Gasteiger partial charge in [0.15, 0.2) is 12.6 Å². The summed E-state index contributed by atoms with van der Waals surface area (Å²) in [6, 6.07) is 11.9. The number of furan rings is 1. The summed E-state index contributed by atoms with van der Waals surface area (Å²) in [6.07, 6.45) is 8.90. The zero-order valence-electron chi connectivity index (χ0n) is 20.5. The Morgan fingerprint density at radius 1 is 1.05 bits per heavy atom. The molecule has 1 aliphatic carbocycles. The first-order valence-electron chi connectivity index (χ1n) is 12.4. The molecule has 0 aliphatic heterocycles. The van der Waals surface area contributed by atoms with E-state index in [1.807, 2.05) is 12.1 Å². The molecule has 196 valence electrons. The van der Waals surface area contributed by atoms with Gasteiger partial charge in [0.2, 0.25) is 0 Å². The molecule has 0 saturated heterocycles. The molecule has 1 fully saturated rings. The number of fused-ring (bicyclic) bond motifs is 1. The molecule has 1 atom stereocenters. The summed E-state index contributed by atoms with van der Waals surface area (Å²) in [4.78, 5) is 40.6. The van der Waals surface area contributed by atoms with Crippen LogP contribution in [0.5, 0.6) is 5.75 Å². The lowest BCUT2D eigenvalue weighted by Crippen LogP contribution is -2.33. The first kappa shape index (κ1) is 25.1. The van der Waals surface area contributed by atoms with Crippen molar-refractivity contribution in [3.8, 4) is 17.1 Å². The molecule has 0 unspecified atom stereocenters. The average Bonchev–Trinajstić information content (AvgIpc) is 3.59. The number of amides is 1. The maximum absolute atomic E-state index is 13.1. The van der Waals surface area contributed by atoms with Gasteiger partial charge in [0.25, 0.3) is 5.91 Å². The SMILES string of the molecule is O=C(O)COc1ccc([C@H](NC(=O)c2ccc3c(c2)nc(-c2ccoc2)n3C2CCCCC2)C(=O)O)cc1. The lowest BCUT2D eigenvalue weighted by Gasteiger charge is -2.25. The Bertz CT molecular complexity index is 1450. The van der Waals surface area contributed by atoms with E-state index in [2.05, 4.69) is 9.88 Å². The molecule has 3 N–H and O–H groups in total. The molecule has 0 bridgehead atoms. The van der Waals surface area contributed by atoms with Gasteiger partial charge < -0.3 is 29.3 Å². The Morgan fingerprint density at radius 3 is 2.47 bits per heavy atom. The maximum atomic E-state index is 13.1. The predicted molar refractivity (Wildman–Crippen MR) is 137 cm³/mol. The predicted octanol–water partition coefficient (Wildman–Crippen LogP) is 4.82. The Hall–Kier alpha value is -4.60. The van der Waals surface area contributed by atoms with Crippen LogP contribution in [0.25, 0.3) is 22.4 Å². The number of hydrogen-bond donors (Lipinski definition) is 3. The highest BCUT2D eigenvalue weighted by atomic mass is 16.5. The van der Waals surface area contributed by atoms with Gasteiger partial charge in [-0.05, 0) is 54.8 Å². The number of carbonyl (C=O) groups excluding carboxylic acids is 1. The van der Waals surface area contributed by atoms with Gasteiger partial charge in [0.05, 0.1) is 22.9 Å². The highest BCUT2D eigenvalue weighted by Gasteiger charge is 2.26. The van der Waals surface area contributed by atoms with Gasteiger partial charge in [-0.25, -0.2) is 14.6 Å². The monoisotopic (exact) mass is 517 g/mol.